The Morgan fingerprint density at radius 3 is 2.46 bits per heavy atom. The first kappa shape index (κ1) is 16.4. The van der Waals surface area contributed by atoms with Crippen molar-refractivity contribution in [3.8, 4) is 0 Å². The highest BCUT2D eigenvalue weighted by atomic mass is 16.1. The Morgan fingerprint density at radius 2 is 1.75 bits per heavy atom. The van der Waals surface area contributed by atoms with Crippen LogP contribution in [0, 0.1) is 6.92 Å². The molecule has 0 radical (unpaired) electrons. The third kappa shape index (κ3) is 4.54. The SMILES string of the molecule is Cc1nc(NC2CCCCCC2)cc(C(=O)Nc2ccccc2)n1. The zero-order valence-electron chi connectivity index (χ0n) is 14.1. The molecular formula is C19H24N4O. The van der Waals surface area contributed by atoms with E-state index in [1.807, 2.05) is 37.3 Å². The number of hydrogen-bond acceptors (Lipinski definition) is 4. The van der Waals surface area contributed by atoms with E-state index in [-0.39, 0.29) is 5.91 Å². The molecule has 0 aliphatic heterocycles. The molecule has 126 valence electrons. The minimum Gasteiger partial charge on any atom is -0.367 e. The second-order valence-electron chi connectivity index (χ2n) is 6.34. The lowest BCUT2D eigenvalue weighted by Gasteiger charge is -2.17. The van der Waals surface area contributed by atoms with Gasteiger partial charge in [0, 0.05) is 17.8 Å². The van der Waals surface area contributed by atoms with E-state index in [1.54, 1.807) is 6.07 Å². The lowest BCUT2D eigenvalue weighted by Crippen LogP contribution is -2.21. The third-order valence-corrected chi connectivity index (χ3v) is 4.31. The second kappa shape index (κ2) is 7.90. The van der Waals surface area contributed by atoms with Gasteiger partial charge in [-0.15, -0.1) is 0 Å². The summed E-state index contributed by atoms with van der Waals surface area (Å²) in [6.07, 6.45) is 7.45. The second-order valence-corrected chi connectivity index (χ2v) is 6.34. The molecule has 1 aromatic carbocycles. The maximum atomic E-state index is 12.4. The highest BCUT2D eigenvalue weighted by Gasteiger charge is 2.15. The van der Waals surface area contributed by atoms with Gasteiger partial charge in [-0.05, 0) is 31.9 Å². The van der Waals surface area contributed by atoms with E-state index < -0.39 is 0 Å². The van der Waals surface area contributed by atoms with Crippen molar-refractivity contribution in [1.29, 1.82) is 0 Å². The molecule has 0 spiro atoms. The Balaban J connectivity index is 1.72. The van der Waals surface area contributed by atoms with Crippen LogP contribution in [0.4, 0.5) is 11.5 Å². The number of para-hydroxylation sites is 1. The summed E-state index contributed by atoms with van der Waals surface area (Å²) in [5.74, 6) is 1.13. The number of rotatable bonds is 4. The predicted octanol–water partition coefficient (Wildman–Crippen LogP) is 4.17. The van der Waals surface area contributed by atoms with Gasteiger partial charge in [-0.25, -0.2) is 9.97 Å². The van der Waals surface area contributed by atoms with E-state index >= 15 is 0 Å². The van der Waals surface area contributed by atoms with Crippen LogP contribution in [0.25, 0.3) is 0 Å². The van der Waals surface area contributed by atoms with Gasteiger partial charge in [0.15, 0.2) is 0 Å². The minimum absolute atomic E-state index is 0.212. The van der Waals surface area contributed by atoms with Gasteiger partial charge >= 0.3 is 0 Å². The fraction of sp³-hybridized carbons (Fsp3) is 0.421. The fourth-order valence-corrected chi connectivity index (χ4v) is 3.11. The quantitative estimate of drug-likeness (QED) is 0.828. The molecule has 2 N–H and O–H groups in total. The summed E-state index contributed by atoms with van der Waals surface area (Å²) in [6, 6.07) is 11.6. The molecule has 1 aliphatic rings. The van der Waals surface area contributed by atoms with Crippen molar-refractivity contribution in [2.45, 2.75) is 51.5 Å². The van der Waals surface area contributed by atoms with E-state index in [2.05, 4.69) is 20.6 Å². The number of aryl methyl sites for hydroxylation is 1. The lowest BCUT2D eigenvalue weighted by molar-refractivity contribution is 0.102. The van der Waals surface area contributed by atoms with Crippen LogP contribution in [0.5, 0.6) is 0 Å². The van der Waals surface area contributed by atoms with Crippen LogP contribution in [0.15, 0.2) is 36.4 Å². The molecule has 0 atom stereocenters. The number of carbonyl (C=O) groups excluding carboxylic acids is 1. The van der Waals surface area contributed by atoms with Crippen LogP contribution in [-0.4, -0.2) is 21.9 Å². The zero-order chi connectivity index (χ0) is 16.8. The van der Waals surface area contributed by atoms with Crippen molar-refractivity contribution in [3.63, 3.8) is 0 Å². The van der Waals surface area contributed by atoms with Crippen LogP contribution >= 0.6 is 0 Å². The average Bonchev–Trinajstić information content (AvgIpc) is 2.84. The molecule has 1 aliphatic carbocycles. The number of hydrogen-bond donors (Lipinski definition) is 2. The standard InChI is InChI=1S/C19H24N4O/c1-14-20-17(19(24)23-16-11-7-4-8-12-16)13-18(21-14)22-15-9-5-2-3-6-10-15/h4,7-8,11-13,15H,2-3,5-6,9-10H2,1H3,(H,23,24)(H,20,21,22). The van der Waals surface area contributed by atoms with E-state index in [0.29, 0.717) is 17.6 Å². The summed E-state index contributed by atoms with van der Waals surface area (Å²) in [5.41, 5.74) is 1.15. The molecule has 2 aromatic rings. The van der Waals surface area contributed by atoms with Gasteiger partial charge in [-0.2, -0.15) is 0 Å². The molecule has 3 rings (SSSR count). The minimum atomic E-state index is -0.212. The summed E-state index contributed by atoms with van der Waals surface area (Å²) in [5, 5.41) is 6.36. The van der Waals surface area contributed by atoms with Gasteiger partial charge in [-0.1, -0.05) is 43.9 Å². The third-order valence-electron chi connectivity index (χ3n) is 4.31. The summed E-state index contributed by atoms with van der Waals surface area (Å²) < 4.78 is 0. The van der Waals surface area contributed by atoms with Gasteiger partial charge in [-0.3, -0.25) is 4.79 Å². The number of benzene rings is 1. The van der Waals surface area contributed by atoms with E-state index in [1.165, 1.54) is 25.7 Å². The van der Waals surface area contributed by atoms with Gasteiger partial charge in [0.05, 0.1) is 0 Å². The summed E-state index contributed by atoms with van der Waals surface area (Å²) in [4.78, 5) is 21.2. The zero-order valence-corrected chi connectivity index (χ0v) is 14.1. The van der Waals surface area contributed by atoms with Gasteiger partial charge < -0.3 is 10.6 Å². The summed E-state index contributed by atoms with van der Waals surface area (Å²) in [6.45, 7) is 1.82. The number of amides is 1. The monoisotopic (exact) mass is 324 g/mol. The van der Waals surface area contributed by atoms with E-state index in [0.717, 1.165) is 24.3 Å². The first-order valence-corrected chi connectivity index (χ1v) is 8.69. The number of aromatic nitrogens is 2. The van der Waals surface area contributed by atoms with Crippen molar-refractivity contribution in [2.24, 2.45) is 0 Å². The number of anilines is 2. The average molecular weight is 324 g/mol. The topological polar surface area (TPSA) is 66.9 Å². The summed E-state index contributed by atoms with van der Waals surface area (Å²) >= 11 is 0. The maximum absolute atomic E-state index is 12.4. The molecule has 0 unspecified atom stereocenters. The van der Waals surface area contributed by atoms with Crippen LogP contribution in [0.1, 0.15) is 54.8 Å². The van der Waals surface area contributed by atoms with Crippen molar-refractivity contribution >= 4 is 17.4 Å². The van der Waals surface area contributed by atoms with Gasteiger partial charge in [0.25, 0.3) is 5.91 Å². The van der Waals surface area contributed by atoms with Crippen molar-refractivity contribution < 1.29 is 4.79 Å². The first-order valence-electron chi connectivity index (χ1n) is 8.69. The highest BCUT2D eigenvalue weighted by Crippen LogP contribution is 2.21. The van der Waals surface area contributed by atoms with Crippen LogP contribution in [-0.2, 0) is 0 Å². The van der Waals surface area contributed by atoms with Crippen molar-refractivity contribution in [3.05, 3.63) is 47.9 Å². The van der Waals surface area contributed by atoms with Crippen molar-refractivity contribution in [1.82, 2.24) is 9.97 Å². The number of carbonyl (C=O) groups is 1. The highest BCUT2D eigenvalue weighted by molar-refractivity contribution is 6.03. The molecule has 1 saturated carbocycles. The fourth-order valence-electron chi connectivity index (χ4n) is 3.11. The Morgan fingerprint density at radius 1 is 1.04 bits per heavy atom. The first-order chi connectivity index (χ1) is 11.7. The van der Waals surface area contributed by atoms with E-state index in [4.69, 9.17) is 0 Å². The van der Waals surface area contributed by atoms with Crippen molar-refractivity contribution in [2.75, 3.05) is 10.6 Å². The largest absolute Gasteiger partial charge is 0.367 e. The Labute approximate surface area is 142 Å². The summed E-state index contributed by atoms with van der Waals surface area (Å²) in [7, 11) is 0. The predicted molar refractivity (Wildman–Crippen MR) is 96.3 cm³/mol. The molecule has 24 heavy (non-hydrogen) atoms. The molecule has 1 aromatic heterocycles. The van der Waals surface area contributed by atoms with Crippen LogP contribution in [0.3, 0.4) is 0 Å². The molecule has 5 nitrogen and oxygen atoms in total. The van der Waals surface area contributed by atoms with E-state index in [9.17, 15) is 4.79 Å². The molecule has 0 saturated heterocycles. The molecule has 1 heterocycles. The Kier molecular flexibility index (Phi) is 5.41. The smallest absolute Gasteiger partial charge is 0.274 e. The molecular weight excluding hydrogens is 300 g/mol. The van der Waals surface area contributed by atoms with Crippen LogP contribution < -0.4 is 10.6 Å². The maximum Gasteiger partial charge on any atom is 0.274 e. The number of nitrogens with one attached hydrogen (secondary N) is 2. The normalized spacial score (nSPS) is 15.5. The number of nitrogens with zero attached hydrogens (tertiary/aromatic N) is 2. The molecule has 1 fully saturated rings. The molecule has 1 amide bonds. The Bertz CT molecular complexity index is 679. The van der Waals surface area contributed by atoms with Gasteiger partial charge in [0.2, 0.25) is 0 Å². The molecule has 0 bridgehead atoms. The molecule has 5 heteroatoms. The Hall–Kier alpha value is -2.43. The van der Waals surface area contributed by atoms with Crippen LogP contribution in [0.2, 0.25) is 0 Å². The lowest BCUT2D eigenvalue weighted by atomic mass is 10.1. The van der Waals surface area contributed by atoms with Gasteiger partial charge in [0.1, 0.15) is 17.3 Å².